The summed E-state index contributed by atoms with van der Waals surface area (Å²) in [6.45, 7) is 6.02. The summed E-state index contributed by atoms with van der Waals surface area (Å²) in [5.74, 6) is -0.103. The van der Waals surface area contributed by atoms with Gasteiger partial charge < -0.3 is 24.8 Å². The van der Waals surface area contributed by atoms with Crippen LogP contribution in [0.2, 0.25) is 0 Å². The minimum Gasteiger partial charge on any atom is -0.497 e. The molecule has 2 amide bonds. The lowest BCUT2D eigenvalue weighted by Crippen LogP contribution is -2.51. The molecule has 0 unspecified atom stereocenters. The molecule has 0 radical (unpaired) electrons. The first kappa shape index (κ1) is 17.7. The molecule has 2 atom stereocenters. The third-order valence-corrected chi connectivity index (χ3v) is 3.74. The van der Waals surface area contributed by atoms with Crippen molar-refractivity contribution in [3.05, 3.63) is 36.0 Å². The normalized spacial score (nSPS) is 20.0. The second kappa shape index (κ2) is 7.72. The molecule has 1 aliphatic heterocycles. The van der Waals surface area contributed by atoms with Crippen molar-refractivity contribution in [3.63, 3.8) is 0 Å². The highest BCUT2D eigenvalue weighted by molar-refractivity contribution is 5.85. The van der Waals surface area contributed by atoms with Gasteiger partial charge in [0.25, 0.3) is 0 Å². The summed E-state index contributed by atoms with van der Waals surface area (Å²) < 4.78 is 15.9. The molecule has 0 aliphatic carbocycles. The number of hydrogen-bond acceptors (Lipinski definition) is 5. The molecule has 1 saturated heterocycles. The molecule has 0 bridgehead atoms. The van der Waals surface area contributed by atoms with Crippen LogP contribution < -0.4 is 20.1 Å². The van der Waals surface area contributed by atoms with E-state index in [1.165, 1.54) is 7.11 Å². The molecule has 1 aromatic rings. The number of ether oxygens (including phenoxy) is 3. The van der Waals surface area contributed by atoms with Gasteiger partial charge in [-0.1, -0.05) is 13.5 Å². The minimum atomic E-state index is -0.768. The van der Waals surface area contributed by atoms with Crippen molar-refractivity contribution < 1.29 is 23.8 Å². The summed E-state index contributed by atoms with van der Waals surface area (Å²) in [4.78, 5) is 24.4. The molecule has 2 rings (SSSR count). The Hall–Kier alpha value is -2.70. The van der Waals surface area contributed by atoms with E-state index in [9.17, 15) is 9.59 Å². The molecule has 7 nitrogen and oxygen atoms in total. The molecule has 2 N–H and O–H groups in total. The van der Waals surface area contributed by atoms with E-state index in [2.05, 4.69) is 17.2 Å². The van der Waals surface area contributed by atoms with Gasteiger partial charge in [-0.3, -0.25) is 4.79 Å². The van der Waals surface area contributed by atoms with Crippen LogP contribution in [0.5, 0.6) is 11.5 Å². The summed E-state index contributed by atoms with van der Waals surface area (Å²) in [5, 5.41) is 5.28. The Morgan fingerprint density at radius 2 is 2.04 bits per heavy atom. The first-order chi connectivity index (χ1) is 11.5. The van der Waals surface area contributed by atoms with Gasteiger partial charge in [0.15, 0.2) is 0 Å². The maximum absolute atomic E-state index is 12.5. The van der Waals surface area contributed by atoms with Crippen LogP contribution in [0.4, 0.5) is 4.79 Å². The van der Waals surface area contributed by atoms with Gasteiger partial charge in [0.2, 0.25) is 0 Å². The molecular formula is C17H22N2O5. The largest absolute Gasteiger partial charge is 0.497 e. The number of nitrogens with one attached hydrogen (secondary N) is 2. The van der Waals surface area contributed by atoms with E-state index in [4.69, 9.17) is 14.2 Å². The summed E-state index contributed by atoms with van der Waals surface area (Å²) in [6, 6.07) is 4.09. The summed E-state index contributed by atoms with van der Waals surface area (Å²) in [5.41, 5.74) is 0.904. The van der Waals surface area contributed by atoms with Gasteiger partial charge in [0.05, 0.1) is 26.9 Å². The Labute approximate surface area is 141 Å². The second-order valence-corrected chi connectivity index (χ2v) is 5.35. The lowest BCUT2D eigenvalue weighted by atomic mass is 9.88. The van der Waals surface area contributed by atoms with Crippen LogP contribution in [-0.2, 0) is 9.53 Å². The van der Waals surface area contributed by atoms with Gasteiger partial charge in [-0.15, -0.1) is 0 Å². The number of amides is 2. The standard InChI is InChI=1S/C17H22N2O5/c1-5-8-24-16(20)14-10(2)18-17(21)19-15(14)12-9-11(22-3)6-7-13(12)23-4/h6-7,9,14-15H,2,5,8H2,1,3-4H3,(H2,18,19,21)/t14-,15+/m1/s1. The molecular weight excluding hydrogens is 312 g/mol. The van der Waals surface area contributed by atoms with Crippen molar-refractivity contribution in [3.8, 4) is 11.5 Å². The predicted octanol–water partition coefficient (Wildman–Crippen LogP) is 2.14. The molecule has 130 valence electrons. The quantitative estimate of drug-likeness (QED) is 0.779. The van der Waals surface area contributed by atoms with E-state index in [0.29, 0.717) is 30.1 Å². The number of hydrogen-bond donors (Lipinski definition) is 2. The van der Waals surface area contributed by atoms with Gasteiger partial charge in [-0.05, 0) is 24.6 Å². The molecule has 1 aliphatic rings. The number of urea groups is 1. The zero-order chi connectivity index (χ0) is 17.7. The maximum atomic E-state index is 12.5. The Balaban J connectivity index is 2.44. The highest BCUT2D eigenvalue weighted by Gasteiger charge is 2.40. The second-order valence-electron chi connectivity index (χ2n) is 5.35. The smallest absolute Gasteiger partial charge is 0.319 e. The number of carbonyl (C=O) groups is 2. The monoisotopic (exact) mass is 334 g/mol. The molecule has 24 heavy (non-hydrogen) atoms. The minimum absolute atomic E-state index is 0.287. The average molecular weight is 334 g/mol. The Kier molecular flexibility index (Phi) is 5.68. The summed E-state index contributed by atoms with van der Waals surface area (Å²) >= 11 is 0. The van der Waals surface area contributed by atoms with Crippen LogP contribution >= 0.6 is 0 Å². The molecule has 0 aromatic heterocycles. The Morgan fingerprint density at radius 3 is 2.67 bits per heavy atom. The van der Waals surface area contributed by atoms with E-state index in [0.717, 1.165) is 0 Å². The van der Waals surface area contributed by atoms with Gasteiger partial charge >= 0.3 is 12.0 Å². The fourth-order valence-electron chi connectivity index (χ4n) is 2.60. The third-order valence-electron chi connectivity index (χ3n) is 3.74. The first-order valence-electron chi connectivity index (χ1n) is 7.66. The zero-order valence-electron chi connectivity index (χ0n) is 14.0. The average Bonchev–Trinajstić information content (AvgIpc) is 2.58. The van der Waals surface area contributed by atoms with Gasteiger partial charge in [0.1, 0.15) is 17.4 Å². The third kappa shape index (κ3) is 3.61. The predicted molar refractivity (Wildman–Crippen MR) is 87.8 cm³/mol. The van der Waals surface area contributed by atoms with E-state index >= 15 is 0 Å². The molecule has 7 heteroatoms. The lowest BCUT2D eigenvalue weighted by molar-refractivity contribution is -0.148. The number of carbonyl (C=O) groups excluding carboxylic acids is 2. The molecule has 1 aromatic carbocycles. The van der Waals surface area contributed by atoms with Crippen LogP contribution in [0.25, 0.3) is 0 Å². The maximum Gasteiger partial charge on any atom is 0.319 e. The Bertz CT molecular complexity index is 644. The summed E-state index contributed by atoms with van der Waals surface area (Å²) in [6.07, 6.45) is 0.706. The van der Waals surface area contributed by atoms with Crippen molar-refractivity contribution >= 4 is 12.0 Å². The topological polar surface area (TPSA) is 85.9 Å². The number of methoxy groups -OCH3 is 2. The van der Waals surface area contributed by atoms with Gasteiger partial charge in [-0.2, -0.15) is 0 Å². The van der Waals surface area contributed by atoms with Crippen molar-refractivity contribution in [2.24, 2.45) is 5.92 Å². The molecule has 0 saturated carbocycles. The van der Waals surface area contributed by atoms with Gasteiger partial charge in [0, 0.05) is 11.3 Å². The zero-order valence-corrected chi connectivity index (χ0v) is 14.0. The fourth-order valence-corrected chi connectivity index (χ4v) is 2.60. The highest BCUT2D eigenvalue weighted by atomic mass is 16.5. The van der Waals surface area contributed by atoms with Crippen LogP contribution in [0.1, 0.15) is 24.9 Å². The Morgan fingerprint density at radius 1 is 1.29 bits per heavy atom. The van der Waals surface area contributed by atoms with E-state index in [-0.39, 0.29) is 5.70 Å². The van der Waals surface area contributed by atoms with Crippen molar-refractivity contribution in [2.75, 3.05) is 20.8 Å². The number of rotatable bonds is 6. The molecule has 0 spiro atoms. The van der Waals surface area contributed by atoms with E-state index < -0.39 is 24.0 Å². The van der Waals surface area contributed by atoms with E-state index in [1.54, 1.807) is 25.3 Å². The van der Waals surface area contributed by atoms with Crippen LogP contribution in [0.15, 0.2) is 30.5 Å². The lowest BCUT2D eigenvalue weighted by Gasteiger charge is -2.34. The van der Waals surface area contributed by atoms with Crippen LogP contribution in [0, 0.1) is 5.92 Å². The van der Waals surface area contributed by atoms with Crippen molar-refractivity contribution in [1.29, 1.82) is 0 Å². The fraction of sp³-hybridized carbons (Fsp3) is 0.412. The van der Waals surface area contributed by atoms with Crippen molar-refractivity contribution in [1.82, 2.24) is 10.6 Å². The summed E-state index contributed by atoms with van der Waals surface area (Å²) in [7, 11) is 3.06. The van der Waals surface area contributed by atoms with Crippen LogP contribution in [0.3, 0.4) is 0 Å². The van der Waals surface area contributed by atoms with Gasteiger partial charge in [-0.25, -0.2) is 4.79 Å². The van der Waals surface area contributed by atoms with Crippen LogP contribution in [-0.4, -0.2) is 32.8 Å². The number of esters is 1. The molecule has 1 fully saturated rings. The SMILES string of the molecule is C=C1NC(=O)N[C@@H](c2cc(OC)ccc2OC)[C@@H]1C(=O)OCCC. The van der Waals surface area contributed by atoms with E-state index in [1.807, 2.05) is 6.92 Å². The number of benzene rings is 1. The highest BCUT2D eigenvalue weighted by Crippen LogP contribution is 2.37. The molecule has 1 heterocycles. The first-order valence-corrected chi connectivity index (χ1v) is 7.66. The van der Waals surface area contributed by atoms with Crippen molar-refractivity contribution in [2.45, 2.75) is 19.4 Å².